The van der Waals surface area contributed by atoms with Gasteiger partial charge in [-0.15, -0.1) is 12.3 Å². The fraction of sp³-hybridized carbons (Fsp3) is 0.667. The van der Waals surface area contributed by atoms with Crippen molar-refractivity contribution in [3.63, 3.8) is 0 Å². The summed E-state index contributed by atoms with van der Waals surface area (Å²) in [7, 11) is 0. The van der Waals surface area contributed by atoms with Crippen molar-refractivity contribution in [2.45, 2.75) is 38.3 Å². The molecular formula is C12H19N3O2. The number of terminal acetylenes is 1. The Morgan fingerprint density at radius 2 is 2.06 bits per heavy atom. The van der Waals surface area contributed by atoms with Gasteiger partial charge in [0.2, 0.25) is 11.8 Å². The molecule has 3 N–H and O–H groups in total. The minimum atomic E-state index is -0.742. The van der Waals surface area contributed by atoms with Gasteiger partial charge in [0.1, 0.15) is 6.04 Å². The number of likely N-dealkylation sites (tertiary alicyclic amines) is 1. The highest BCUT2D eigenvalue weighted by molar-refractivity contribution is 5.89. The zero-order valence-corrected chi connectivity index (χ0v) is 10.1. The van der Waals surface area contributed by atoms with Crippen LogP contribution in [0.3, 0.4) is 0 Å². The number of carbonyl (C=O) groups is 2. The van der Waals surface area contributed by atoms with Crippen LogP contribution in [-0.2, 0) is 9.59 Å². The Hall–Kier alpha value is -1.54. The smallest absolute Gasteiger partial charge is 0.244 e. The molecule has 0 aromatic rings. The molecule has 5 heteroatoms. The molecule has 0 bridgehead atoms. The summed E-state index contributed by atoms with van der Waals surface area (Å²) in [5.41, 5.74) is 5.55. The third kappa shape index (κ3) is 3.75. The molecule has 5 nitrogen and oxygen atoms in total. The maximum atomic E-state index is 11.9. The first-order chi connectivity index (χ1) is 8.06. The summed E-state index contributed by atoms with van der Waals surface area (Å²) in [4.78, 5) is 25.2. The number of rotatable bonds is 4. The zero-order valence-electron chi connectivity index (χ0n) is 10.1. The monoisotopic (exact) mass is 237 g/mol. The molecule has 0 aromatic carbocycles. The Morgan fingerprint density at radius 3 is 2.59 bits per heavy atom. The van der Waals surface area contributed by atoms with Crippen molar-refractivity contribution in [2.24, 2.45) is 5.73 Å². The van der Waals surface area contributed by atoms with Gasteiger partial charge >= 0.3 is 0 Å². The fourth-order valence-corrected chi connectivity index (χ4v) is 1.81. The maximum absolute atomic E-state index is 11.9. The molecule has 1 heterocycles. The number of hydrogen-bond donors (Lipinski definition) is 2. The van der Waals surface area contributed by atoms with Crippen LogP contribution in [0.1, 0.15) is 26.2 Å². The van der Waals surface area contributed by atoms with Crippen LogP contribution in [0.2, 0.25) is 0 Å². The predicted octanol–water partition coefficient (Wildman–Crippen LogP) is -0.536. The largest absolute Gasteiger partial charge is 0.343 e. The Bertz CT molecular complexity index is 329. The molecule has 1 aliphatic rings. The van der Waals surface area contributed by atoms with Gasteiger partial charge < -0.3 is 16.0 Å². The maximum Gasteiger partial charge on any atom is 0.244 e. The van der Waals surface area contributed by atoms with Gasteiger partial charge in [0.25, 0.3) is 0 Å². The molecule has 1 fully saturated rings. The summed E-state index contributed by atoms with van der Waals surface area (Å²) >= 11 is 0. The zero-order chi connectivity index (χ0) is 12.8. The van der Waals surface area contributed by atoms with E-state index in [1.54, 1.807) is 11.8 Å². The second-order valence-electron chi connectivity index (χ2n) is 4.28. The molecule has 0 aromatic heterocycles. The molecule has 1 saturated heterocycles. The standard InChI is InChI=1S/C12H19N3O2/c1-3-6-10(13)11(16)14-9(2)12(17)15-7-4-5-8-15/h1,9-10H,4-8,13H2,2H3,(H,14,16). The van der Waals surface area contributed by atoms with E-state index in [0.717, 1.165) is 25.9 Å². The molecule has 0 saturated carbocycles. The fourth-order valence-electron chi connectivity index (χ4n) is 1.81. The Balaban J connectivity index is 2.42. The topological polar surface area (TPSA) is 75.4 Å². The van der Waals surface area contributed by atoms with Crippen LogP contribution in [0, 0.1) is 12.3 Å². The van der Waals surface area contributed by atoms with Crippen LogP contribution in [0.15, 0.2) is 0 Å². The summed E-state index contributed by atoms with van der Waals surface area (Å²) in [6, 6.07) is -1.28. The van der Waals surface area contributed by atoms with Crippen molar-refractivity contribution in [1.82, 2.24) is 10.2 Å². The van der Waals surface area contributed by atoms with Gasteiger partial charge in [-0.3, -0.25) is 9.59 Å². The molecule has 0 spiro atoms. The number of nitrogens with one attached hydrogen (secondary N) is 1. The lowest BCUT2D eigenvalue weighted by Crippen LogP contribution is -2.50. The third-order valence-corrected chi connectivity index (χ3v) is 2.82. The lowest BCUT2D eigenvalue weighted by atomic mass is 10.2. The van der Waals surface area contributed by atoms with Gasteiger partial charge in [-0.05, 0) is 19.8 Å². The lowest BCUT2D eigenvalue weighted by Gasteiger charge is -2.22. The minimum Gasteiger partial charge on any atom is -0.343 e. The highest BCUT2D eigenvalue weighted by Crippen LogP contribution is 2.08. The molecule has 17 heavy (non-hydrogen) atoms. The molecule has 2 amide bonds. The number of amides is 2. The van der Waals surface area contributed by atoms with Crippen molar-refractivity contribution in [3.8, 4) is 12.3 Å². The number of nitrogens with zero attached hydrogens (tertiary/aromatic N) is 1. The lowest BCUT2D eigenvalue weighted by molar-refractivity contribution is -0.135. The van der Waals surface area contributed by atoms with Gasteiger partial charge in [-0.2, -0.15) is 0 Å². The molecule has 2 unspecified atom stereocenters. The third-order valence-electron chi connectivity index (χ3n) is 2.82. The van der Waals surface area contributed by atoms with E-state index in [9.17, 15) is 9.59 Å². The van der Waals surface area contributed by atoms with Crippen LogP contribution >= 0.6 is 0 Å². The van der Waals surface area contributed by atoms with Crippen molar-refractivity contribution >= 4 is 11.8 Å². The average molecular weight is 237 g/mol. The van der Waals surface area contributed by atoms with Crippen LogP contribution < -0.4 is 11.1 Å². The summed E-state index contributed by atoms with van der Waals surface area (Å²) in [5.74, 6) is 1.90. The van der Waals surface area contributed by atoms with Crippen LogP contribution in [0.25, 0.3) is 0 Å². The SMILES string of the molecule is C#CCC(N)C(=O)NC(C)C(=O)N1CCCC1. The van der Waals surface area contributed by atoms with E-state index in [0.29, 0.717) is 0 Å². The van der Waals surface area contributed by atoms with Crippen LogP contribution in [0.5, 0.6) is 0 Å². The number of hydrogen-bond acceptors (Lipinski definition) is 3. The van der Waals surface area contributed by atoms with Gasteiger partial charge in [-0.1, -0.05) is 0 Å². The second-order valence-corrected chi connectivity index (χ2v) is 4.28. The summed E-state index contributed by atoms with van der Waals surface area (Å²) < 4.78 is 0. The summed E-state index contributed by atoms with van der Waals surface area (Å²) in [6.07, 6.45) is 7.31. The van der Waals surface area contributed by atoms with E-state index in [2.05, 4.69) is 11.2 Å². The Morgan fingerprint density at radius 1 is 1.47 bits per heavy atom. The molecule has 94 valence electrons. The minimum absolute atomic E-state index is 0.0521. The quantitative estimate of drug-likeness (QED) is 0.645. The molecule has 0 radical (unpaired) electrons. The van der Waals surface area contributed by atoms with Crippen LogP contribution in [0.4, 0.5) is 0 Å². The highest BCUT2D eigenvalue weighted by Gasteiger charge is 2.25. The van der Waals surface area contributed by atoms with E-state index >= 15 is 0 Å². The summed E-state index contributed by atoms with van der Waals surface area (Å²) in [5, 5.41) is 2.59. The molecule has 2 atom stereocenters. The average Bonchev–Trinajstić information content (AvgIpc) is 2.81. The Labute approximate surface area is 102 Å². The van der Waals surface area contributed by atoms with Crippen molar-refractivity contribution in [2.75, 3.05) is 13.1 Å². The second kappa shape index (κ2) is 6.26. The van der Waals surface area contributed by atoms with Crippen molar-refractivity contribution in [1.29, 1.82) is 0 Å². The number of carbonyl (C=O) groups excluding carboxylic acids is 2. The van der Waals surface area contributed by atoms with Crippen LogP contribution in [-0.4, -0.2) is 41.9 Å². The van der Waals surface area contributed by atoms with Crippen molar-refractivity contribution in [3.05, 3.63) is 0 Å². The predicted molar refractivity (Wildman–Crippen MR) is 64.8 cm³/mol. The highest BCUT2D eigenvalue weighted by atomic mass is 16.2. The van der Waals surface area contributed by atoms with E-state index in [1.807, 2.05) is 0 Å². The van der Waals surface area contributed by atoms with E-state index < -0.39 is 12.1 Å². The van der Waals surface area contributed by atoms with E-state index in [-0.39, 0.29) is 18.2 Å². The number of nitrogens with two attached hydrogens (primary N) is 1. The first-order valence-corrected chi connectivity index (χ1v) is 5.84. The van der Waals surface area contributed by atoms with Crippen molar-refractivity contribution < 1.29 is 9.59 Å². The molecule has 1 aliphatic heterocycles. The van der Waals surface area contributed by atoms with Gasteiger partial charge in [0, 0.05) is 19.5 Å². The van der Waals surface area contributed by atoms with E-state index in [4.69, 9.17) is 12.2 Å². The van der Waals surface area contributed by atoms with Gasteiger partial charge in [-0.25, -0.2) is 0 Å². The summed E-state index contributed by atoms with van der Waals surface area (Å²) in [6.45, 7) is 3.21. The Kier molecular flexibility index (Phi) is 4.98. The molecular weight excluding hydrogens is 218 g/mol. The molecule has 0 aliphatic carbocycles. The first kappa shape index (κ1) is 13.5. The molecule has 1 rings (SSSR count). The van der Waals surface area contributed by atoms with Gasteiger partial charge in [0.05, 0.1) is 6.04 Å². The first-order valence-electron chi connectivity index (χ1n) is 5.84. The normalized spacial score (nSPS) is 18.3. The van der Waals surface area contributed by atoms with Gasteiger partial charge in [0.15, 0.2) is 0 Å². The van der Waals surface area contributed by atoms with E-state index in [1.165, 1.54) is 0 Å².